The molecule has 0 unspecified atom stereocenters. The van der Waals surface area contributed by atoms with Gasteiger partial charge in [0.2, 0.25) is 0 Å². The van der Waals surface area contributed by atoms with Crippen molar-refractivity contribution in [3.63, 3.8) is 0 Å². The van der Waals surface area contributed by atoms with Gasteiger partial charge in [0, 0.05) is 0 Å². The van der Waals surface area contributed by atoms with Gasteiger partial charge >= 0.3 is 35.6 Å². The number of hydrogen-bond donors (Lipinski definition) is 0. The van der Waals surface area contributed by atoms with Crippen LogP contribution in [0.5, 0.6) is 0 Å². The molecule has 0 radical (unpaired) electrons. The first-order chi connectivity index (χ1) is 12.1. The van der Waals surface area contributed by atoms with Gasteiger partial charge in [0.25, 0.3) is 0 Å². The quantitative estimate of drug-likeness (QED) is 0.431. The molecule has 6 heteroatoms. The SMILES string of the molecule is Cc1ccccc1[N-]C(C)(C)OC(C)(C)[N-]c1ccccc1C.[Cl][Ti][Cl]. The third kappa shape index (κ3) is 8.32. The molecule has 0 N–H and O–H groups in total. The van der Waals surface area contributed by atoms with Crippen LogP contribution in [0.15, 0.2) is 48.5 Å². The molecule has 3 nitrogen and oxygen atoms in total. The minimum absolute atomic E-state index is 0.556. The van der Waals surface area contributed by atoms with Crippen molar-refractivity contribution < 1.29 is 21.8 Å². The van der Waals surface area contributed by atoms with E-state index in [0.29, 0.717) is 0 Å². The van der Waals surface area contributed by atoms with Crippen LogP contribution in [0.2, 0.25) is 0 Å². The van der Waals surface area contributed by atoms with Gasteiger partial charge in [-0.25, -0.2) is 0 Å². The predicted octanol–water partition coefficient (Wildman–Crippen LogP) is 7.88. The fourth-order valence-electron chi connectivity index (χ4n) is 2.61. The normalized spacial score (nSPS) is 11.2. The van der Waals surface area contributed by atoms with E-state index < -0.39 is 28.5 Å². The fraction of sp³-hybridized carbons (Fsp3) is 0.400. The van der Waals surface area contributed by atoms with E-state index in [1.165, 1.54) is 0 Å². The van der Waals surface area contributed by atoms with Gasteiger partial charge in [0.15, 0.2) is 0 Å². The summed E-state index contributed by atoms with van der Waals surface area (Å²) in [7, 11) is 9.78. The second-order valence-electron chi connectivity index (χ2n) is 6.86. The van der Waals surface area contributed by atoms with Crippen molar-refractivity contribution >= 4 is 30.0 Å². The predicted molar refractivity (Wildman–Crippen MR) is 109 cm³/mol. The Morgan fingerprint density at radius 1 is 0.731 bits per heavy atom. The summed E-state index contributed by atoms with van der Waals surface area (Å²) in [6.07, 6.45) is 0. The van der Waals surface area contributed by atoms with Gasteiger partial charge < -0.3 is 15.4 Å². The zero-order chi connectivity index (χ0) is 19.8. The molecule has 2 rings (SSSR count). The molecule has 0 aromatic heterocycles. The second kappa shape index (κ2) is 10.6. The Bertz CT molecular complexity index is 636. The molecule has 0 spiro atoms. The van der Waals surface area contributed by atoms with E-state index in [0.717, 1.165) is 22.5 Å². The Morgan fingerprint density at radius 2 is 1.04 bits per heavy atom. The number of rotatable bonds is 6. The molecule has 0 fully saturated rings. The van der Waals surface area contributed by atoms with Crippen LogP contribution in [0, 0.1) is 13.8 Å². The number of benzene rings is 2. The van der Waals surface area contributed by atoms with E-state index in [1.807, 2.05) is 64.1 Å². The Kier molecular flexibility index (Phi) is 9.50. The van der Waals surface area contributed by atoms with Crippen LogP contribution in [-0.2, 0) is 21.8 Å². The zero-order valence-electron chi connectivity index (χ0n) is 16.2. The van der Waals surface area contributed by atoms with Crippen molar-refractivity contribution in [3.05, 3.63) is 70.3 Å². The van der Waals surface area contributed by atoms with Crippen molar-refractivity contribution in [2.24, 2.45) is 0 Å². The van der Waals surface area contributed by atoms with Crippen molar-refractivity contribution in [2.75, 3.05) is 0 Å². The second-order valence-corrected chi connectivity index (χ2v) is 9.44. The molecular weight excluding hydrogens is 403 g/mol. The average molecular weight is 429 g/mol. The fourth-order valence-corrected chi connectivity index (χ4v) is 2.61. The third-order valence-electron chi connectivity index (χ3n) is 3.51. The Labute approximate surface area is 174 Å². The number of nitrogens with zero attached hydrogens (tertiary/aromatic N) is 2. The van der Waals surface area contributed by atoms with Gasteiger partial charge in [0.1, 0.15) is 0 Å². The summed E-state index contributed by atoms with van der Waals surface area (Å²) >= 11 is -0.556. The molecule has 142 valence electrons. The summed E-state index contributed by atoms with van der Waals surface area (Å²) in [6, 6.07) is 16.1. The molecule has 0 saturated carbocycles. The van der Waals surface area contributed by atoms with Crippen LogP contribution in [0.25, 0.3) is 10.6 Å². The number of aryl methyl sites for hydroxylation is 2. The molecule has 2 aromatic rings. The van der Waals surface area contributed by atoms with Crippen molar-refractivity contribution in [1.82, 2.24) is 0 Å². The summed E-state index contributed by atoms with van der Waals surface area (Å²) in [6.45, 7) is 12.0. The first-order valence-corrected chi connectivity index (χ1v) is 12.6. The molecular formula is C20H26Cl2N2OTi-2. The first kappa shape index (κ1) is 23.3. The van der Waals surface area contributed by atoms with Crippen LogP contribution in [0.3, 0.4) is 0 Å². The van der Waals surface area contributed by atoms with E-state index in [1.54, 1.807) is 0 Å². The van der Waals surface area contributed by atoms with Crippen molar-refractivity contribution in [3.8, 4) is 0 Å². The topological polar surface area (TPSA) is 37.4 Å². The van der Waals surface area contributed by atoms with Gasteiger partial charge in [-0.3, -0.25) is 0 Å². The van der Waals surface area contributed by atoms with Crippen LogP contribution in [0.1, 0.15) is 38.8 Å². The average Bonchev–Trinajstić information content (AvgIpc) is 2.51. The number of para-hydroxylation sites is 2. The summed E-state index contributed by atoms with van der Waals surface area (Å²) in [5.74, 6) is 0. The number of halogens is 2. The first-order valence-electron chi connectivity index (χ1n) is 8.34. The van der Waals surface area contributed by atoms with Crippen LogP contribution < -0.4 is 0 Å². The molecule has 0 bridgehead atoms. The molecule has 0 amide bonds. The monoisotopic (exact) mass is 428 g/mol. The summed E-state index contributed by atoms with van der Waals surface area (Å²) in [5.41, 5.74) is 2.84. The maximum absolute atomic E-state index is 6.21. The van der Waals surface area contributed by atoms with E-state index in [4.69, 9.17) is 34.0 Å². The standard InChI is InChI=1S/C20H26N2O.2ClH.Ti/c1-15-11-7-9-13-17(15)21-19(3,4)23-20(5,6)22-18-14-10-8-12-16(18)2;;;/h7-14H,1-6H3;2*1H;/q-2;;;+2/p-2. The van der Waals surface area contributed by atoms with Crippen molar-refractivity contribution in [1.29, 1.82) is 0 Å². The van der Waals surface area contributed by atoms with Gasteiger partial charge in [-0.15, -0.1) is 11.4 Å². The van der Waals surface area contributed by atoms with Crippen LogP contribution in [-0.4, -0.2) is 11.4 Å². The van der Waals surface area contributed by atoms with Crippen LogP contribution in [0.4, 0.5) is 11.4 Å². The Hall–Kier alpha value is -0.706. The van der Waals surface area contributed by atoms with E-state index in [2.05, 4.69) is 26.0 Å². The summed E-state index contributed by atoms with van der Waals surface area (Å²) < 4.78 is 6.21. The van der Waals surface area contributed by atoms with Gasteiger partial charge in [-0.2, -0.15) is 0 Å². The molecule has 0 heterocycles. The van der Waals surface area contributed by atoms with Gasteiger partial charge in [-0.1, -0.05) is 87.4 Å². The summed E-state index contributed by atoms with van der Waals surface area (Å²) in [5, 5.41) is 9.52. The molecule has 0 aliphatic heterocycles. The van der Waals surface area contributed by atoms with E-state index >= 15 is 0 Å². The third-order valence-corrected chi connectivity index (χ3v) is 3.51. The van der Waals surface area contributed by atoms with Crippen molar-refractivity contribution in [2.45, 2.75) is 53.0 Å². The molecule has 0 aliphatic carbocycles. The molecule has 26 heavy (non-hydrogen) atoms. The summed E-state index contributed by atoms with van der Waals surface area (Å²) in [4.78, 5) is 0. The molecule has 2 aromatic carbocycles. The zero-order valence-corrected chi connectivity index (χ0v) is 19.3. The van der Waals surface area contributed by atoms with E-state index in [-0.39, 0.29) is 0 Å². The van der Waals surface area contributed by atoms with Gasteiger partial charge in [-0.05, 0) is 25.3 Å². The molecule has 0 atom stereocenters. The number of ether oxygens (including phenoxy) is 1. The Balaban J connectivity index is 0.00000105. The Morgan fingerprint density at radius 3 is 1.35 bits per heavy atom. The van der Waals surface area contributed by atoms with E-state index in [9.17, 15) is 0 Å². The minimum atomic E-state index is -0.665. The molecule has 0 aliphatic rings. The maximum atomic E-state index is 6.21. The number of hydrogen-bond acceptors (Lipinski definition) is 1. The molecule has 0 saturated heterocycles. The van der Waals surface area contributed by atoms with Crippen LogP contribution >= 0.6 is 18.6 Å². The van der Waals surface area contributed by atoms with Gasteiger partial charge in [0.05, 0.1) is 0 Å².